The molecule has 1 N–H and O–H groups in total. The summed E-state index contributed by atoms with van der Waals surface area (Å²) in [6.07, 6.45) is 0.981. The second-order valence-electron chi connectivity index (χ2n) is 7.42. The summed E-state index contributed by atoms with van der Waals surface area (Å²) in [5, 5.41) is 6.95. The Bertz CT molecular complexity index is 680. The Balaban J connectivity index is 2.15. The van der Waals surface area contributed by atoms with Crippen LogP contribution in [0.1, 0.15) is 55.8 Å². The van der Waals surface area contributed by atoms with Crippen molar-refractivity contribution in [2.75, 3.05) is 0 Å². The summed E-state index contributed by atoms with van der Waals surface area (Å²) in [5.74, 6) is 0.287. The van der Waals surface area contributed by atoms with Crippen LogP contribution in [0.2, 0.25) is 0 Å². The maximum absolute atomic E-state index is 13.2. The number of halogens is 1. The molecule has 4 nitrogen and oxygen atoms in total. The van der Waals surface area contributed by atoms with E-state index >= 15 is 0 Å². The van der Waals surface area contributed by atoms with Crippen LogP contribution in [0.3, 0.4) is 0 Å². The van der Waals surface area contributed by atoms with Crippen LogP contribution in [-0.2, 0) is 11.2 Å². The molecule has 2 rings (SSSR count). The van der Waals surface area contributed by atoms with Crippen molar-refractivity contribution in [3.05, 3.63) is 52.7 Å². The minimum absolute atomic E-state index is 0.0232. The van der Waals surface area contributed by atoms with Gasteiger partial charge in [0.2, 0.25) is 5.91 Å². The Morgan fingerprint density at radius 3 is 2.38 bits per heavy atom. The smallest absolute Gasteiger partial charge is 0.225 e. The molecule has 0 saturated carbocycles. The predicted molar refractivity (Wildman–Crippen MR) is 91.0 cm³/mol. The van der Waals surface area contributed by atoms with Crippen molar-refractivity contribution in [2.24, 2.45) is 5.41 Å². The van der Waals surface area contributed by atoms with E-state index in [1.807, 2.05) is 6.92 Å². The number of carbonyl (C=O) groups is 1. The molecule has 130 valence electrons. The standard InChI is InChI=1S/C19H25FN2O2/c1-12-16(13(2)24-22-12)10-18(23)21-17(11-19(3,4)5)14-6-8-15(20)9-7-14/h6-9,17H,10-11H2,1-5H3,(H,21,23). The number of hydrogen-bond acceptors (Lipinski definition) is 3. The molecule has 0 fully saturated rings. The van der Waals surface area contributed by atoms with Crippen molar-refractivity contribution < 1.29 is 13.7 Å². The number of benzene rings is 1. The monoisotopic (exact) mass is 332 g/mol. The normalized spacial score (nSPS) is 12.9. The number of amides is 1. The molecule has 0 radical (unpaired) electrons. The predicted octanol–water partition coefficient (Wildman–Crippen LogP) is 4.27. The van der Waals surface area contributed by atoms with E-state index in [1.54, 1.807) is 19.1 Å². The molecule has 5 heteroatoms. The molecule has 1 aromatic heterocycles. The molecule has 24 heavy (non-hydrogen) atoms. The average Bonchev–Trinajstić information content (AvgIpc) is 2.78. The first kappa shape index (κ1) is 18.2. The lowest BCUT2D eigenvalue weighted by atomic mass is 9.85. The number of aryl methyl sites for hydroxylation is 2. The number of nitrogens with zero attached hydrogens (tertiary/aromatic N) is 1. The van der Waals surface area contributed by atoms with E-state index in [-0.39, 0.29) is 29.6 Å². The van der Waals surface area contributed by atoms with Gasteiger partial charge in [-0.25, -0.2) is 4.39 Å². The van der Waals surface area contributed by atoms with Gasteiger partial charge < -0.3 is 9.84 Å². The fraction of sp³-hybridized carbons (Fsp3) is 0.474. The van der Waals surface area contributed by atoms with Crippen LogP contribution in [0.15, 0.2) is 28.8 Å². The Hall–Kier alpha value is -2.17. The quantitative estimate of drug-likeness (QED) is 0.890. The van der Waals surface area contributed by atoms with Crippen LogP contribution in [0, 0.1) is 25.1 Å². The Labute approximate surface area is 142 Å². The molecule has 0 aliphatic heterocycles. The lowest BCUT2D eigenvalue weighted by Crippen LogP contribution is -2.32. The average molecular weight is 332 g/mol. The van der Waals surface area contributed by atoms with E-state index in [9.17, 15) is 9.18 Å². The molecule has 1 amide bonds. The summed E-state index contributed by atoms with van der Waals surface area (Å²) >= 11 is 0. The van der Waals surface area contributed by atoms with Gasteiger partial charge in [-0.15, -0.1) is 0 Å². The van der Waals surface area contributed by atoms with Gasteiger partial charge in [0.1, 0.15) is 11.6 Å². The fourth-order valence-electron chi connectivity index (χ4n) is 2.72. The zero-order valence-electron chi connectivity index (χ0n) is 14.9. The van der Waals surface area contributed by atoms with Gasteiger partial charge in [-0.2, -0.15) is 0 Å². The summed E-state index contributed by atoms with van der Waals surface area (Å²) in [7, 11) is 0. The van der Waals surface area contributed by atoms with E-state index in [2.05, 4.69) is 31.2 Å². The SMILES string of the molecule is Cc1noc(C)c1CC(=O)NC(CC(C)(C)C)c1ccc(F)cc1. The molecular formula is C19H25FN2O2. The van der Waals surface area contributed by atoms with Crippen molar-refractivity contribution in [2.45, 2.75) is 53.5 Å². The van der Waals surface area contributed by atoms with Crippen molar-refractivity contribution in [1.29, 1.82) is 0 Å². The highest BCUT2D eigenvalue weighted by Crippen LogP contribution is 2.29. The molecule has 2 aromatic rings. The van der Waals surface area contributed by atoms with E-state index in [4.69, 9.17) is 4.52 Å². The van der Waals surface area contributed by atoms with Crippen LogP contribution in [0.5, 0.6) is 0 Å². The highest BCUT2D eigenvalue weighted by Gasteiger charge is 2.23. The first-order valence-electron chi connectivity index (χ1n) is 8.12. The van der Waals surface area contributed by atoms with Crippen molar-refractivity contribution in [3.8, 4) is 0 Å². The van der Waals surface area contributed by atoms with E-state index < -0.39 is 0 Å². The third-order valence-electron chi connectivity index (χ3n) is 3.94. The molecule has 0 spiro atoms. The van der Waals surface area contributed by atoms with Gasteiger partial charge in [-0.3, -0.25) is 4.79 Å². The molecule has 0 aliphatic rings. The van der Waals surface area contributed by atoms with E-state index in [0.717, 1.165) is 23.2 Å². The maximum Gasteiger partial charge on any atom is 0.225 e. The summed E-state index contributed by atoms with van der Waals surface area (Å²) in [4.78, 5) is 12.5. The zero-order chi connectivity index (χ0) is 17.9. The van der Waals surface area contributed by atoms with E-state index in [1.165, 1.54) is 12.1 Å². The van der Waals surface area contributed by atoms with Crippen LogP contribution < -0.4 is 5.32 Å². The van der Waals surface area contributed by atoms with Crippen LogP contribution >= 0.6 is 0 Å². The molecule has 0 aliphatic carbocycles. The lowest BCUT2D eigenvalue weighted by Gasteiger charge is -2.27. The molecule has 1 unspecified atom stereocenters. The van der Waals surface area contributed by atoms with Gasteiger partial charge in [0.05, 0.1) is 18.2 Å². The number of carbonyl (C=O) groups excluding carboxylic acids is 1. The minimum atomic E-state index is -0.282. The number of rotatable bonds is 5. The summed E-state index contributed by atoms with van der Waals surface area (Å²) in [5.41, 5.74) is 2.48. The zero-order valence-corrected chi connectivity index (χ0v) is 14.9. The minimum Gasteiger partial charge on any atom is -0.361 e. The van der Waals surface area contributed by atoms with E-state index in [0.29, 0.717) is 5.76 Å². The van der Waals surface area contributed by atoms with Crippen LogP contribution in [0.25, 0.3) is 0 Å². The van der Waals surface area contributed by atoms with Gasteiger partial charge in [-0.1, -0.05) is 38.1 Å². The fourth-order valence-corrected chi connectivity index (χ4v) is 2.72. The molecule has 0 saturated heterocycles. The number of aromatic nitrogens is 1. The Morgan fingerprint density at radius 2 is 1.88 bits per heavy atom. The molecule has 1 atom stereocenters. The Kier molecular flexibility index (Phi) is 5.42. The van der Waals surface area contributed by atoms with Gasteiger partial charge in [0, 0.05) is 5.56 Å². The van der Waals surface area contributed by atoms with Gasteiger partial charge in [0.25, 0.3) is 0 Å². The second-order valence-corrected chi connectivity index (χ2v) is 7.42. The molecule has 1 heterocycles. The van der Waals surface area contributed by atoms with Crippen molar-refractivity contribution in [1.82, 2.24) is 10.5 Å². The summed E-state index contributed by atoms with van der Waals surface area (Å²) in [6, 6.07) is 6.12. The maximum atomic E-state index is 13.2. The van der Waals surface area contributed by atoms with Gasteiger partial charge in [0.15, 0.2) is 0 Å². The number of hydrogen-bond donors (Lipinski definition) is 1. The molecular weight excluding hydrogens is 307 g/mol. The number of nitrogens with one attached hydrogen (secondary N) is 1. The first-order chi connectivity index (χ1) is 11.2. The van der Waals surface area contributed by atoms with Crippen molar-refractivity contribution >= 4 is 5.91 Å². The third kappa shape index (κ3) is 4.91. The van der Waals surface area contributed by atoms with Crippen LogP contribution in [-0.4, -0.2) is 11.1 Å². The summed E-state index contributed by atoms with van der Waals surface area (Å²) in [6.45, 7) is 9.97. The highest BCUT2D eigenvalue weighted by molar-refractivity contribution is 5.79. The van der Waals surface area contributed by atoms with Gasteiger partial charge in [-0.05, 0) is 43.4 Å². The van der Waals surface area contributed by atoms with Gasteiger partial charge >= 0.3 is 0 Å². The molecule has 0 bridgehead atoms. The van der Waals surface area contributed by atoms with Crippen LogP contribution in [0.4, 0.5) is 4.39 Å². The third-order valence-corrected chi connectivity index (χ3v) is 3.94. The topological polar surface area (TPSA) is 55.1 Å². The molecule has 1 aromatic carbocycles. The Morgan fingerprint density at radius 1 is 1.25 bits per heavy atom. The second kappa shape index (κ2) is 7.16. The summed E-state index contributed by atoms with van der Waals surface area (Å²) < 4.78 is 18.3. The largest absolute Gasteiger partial charge is 0.361 e. The lowest BCUT2D eigenvalue weighted by molar-refractivity contribution is -0.121. The van der Waals surface area contributed by atoms with Crippen molar-refractivity contribution in [3.63, 3.8) is 0 Å². The first-order valence-corrected chi connectivity index (χ1v) is 8.12. The highest BCUT2D eigenvalue weighted by atomic mass is 19.1.